The largest absolute Gasteiger partial charge is 0.496 e. The summed E-state index contributed by atoms with van der Waals surface area (Å²) >= 11 is 1.15. The van der Waals surface area contributed by atoms with Crippen molar-refractivity contribution in [2.24, 2.45) is 0 Å². The van der Waals surface area contributed by atoms with Gasteiger partial charge in [0.1, 0.15) is 33.5 Å². The highest BCUT2D eigenvalue weighted by atomic mass is 32.1. The van der Waals surface area contributed by atoms with Gasteiger partial charge in [-0.1, -0.05) is 11.3 Å². The second kappa shape index (κ2) is 13.5. The number of halogens is 1. The summed E-state index contributed by atoms with van der Waals surface area (Å²) in [5, 5.41) is 18.3. The minimum atomic E-state index is -1.06. The Morgan fingerprint density at radius 3 is 2.56 bits per heavy atom. The number of amides is 1. The second-order valence-corrected chi connectivity index (χ2v) is 10.9. The van der Waals surface area contributed by atoms with Crippen LogP contribution >= 0.6 is 24.8 Å². The Kier molecular flexibility index (Phi) is 10.0. The van der Waals surface area contributed by atoms with E-state index in [-0.39, 0.29) is 44.4 Å². The quantitative estimate of drug-likeness (QED) is 0.244. The molecular weight excluding hydrogens is 597 g/mol. The molecule has 0 N–H and O–H groups in total. The molecule has 0 saturated carbocycles. The topological polar surface area (TPSA) is 137 Å². The van der Waals surface area contributed by atoms with Crippen molar-refractivity contribution >= 4 is 41.0 Å². The van der Waals surface area contributed by atoms with Crippen LogP contribution in [0.2, 0.25) is 0 Å². The molecular formula is C28H32FN7O5S2. The summed E-state index contributed by atoms with van der Waals surface area (Å²) in [4.78, 5) is 44.9. The Morgan fingerprint density at radius 1 is 1.21 bits per heavy atom. The maximum atomic E-state index is 14.4. The van der Waals surface area contributed by atoms with E-state index in [9.17, 15) is 18.8 Å². The lowest BCUT2D eigenvalue weighted by molar-refractivity contribution is -0.133. The van der Waals surface area contributed by atoms with E-state index in [0.29, 0.717) is 39.8 Å². The molecule has 15 heteroatoms. The molecule has 228 valence electrons. The molecule has 0 bridgehead atoms. The van der Waals surface area contributed by atoms with Crippen LogP contribution < -0.4 is 16.0 Å². The Hall–Kier alpha value is -4.00. The van der Waals surface area contributed by atoms with Crippen molar-refractivity contribution in [3.63, 3.8) is 0 Å². The molecule has 43 heavy (non-hydrogen) atoms. The van der Waals surface area contributed by atoms with Gasteiger partial charge in [0.25, 0.3) is 5.56 Å². The summed E-state index contributed by atoms with van der Waals surface area (Å²) in [6, 6.07) is 4.91. The monoisotopic (exact) mass is 629 g/mol. The molecule has 3 aromatic heterocycles. The molecule has 1 fully saturated rings. The first-order chi connectivity index (χ1) is 20.3. The molecule has 1 aliphatic heterocycles. The average molecular weight is 630 g/mol. The van der Waals surface area contributed by atoms with Crippen LogP contribution in [0, 0.1) is 24.1 Å². The molecule has 0 spiro atoms. The minimum Gasteiger partial charge on any atom is -0.496 e. The zero-order chi connectivity index (χ0) is 30.0. The van der Waals surface area contributed by atoms with E-state index in [1.165, 1.54) is 47.1 Å². The van der Waals surface area contributed by atoms with E-state index in [1.807, 2.05) is 6.07 Å². The van der Waals surface area contributed by atoms with Gasteiger partial charge in [-0.3, -0.25) is 14.2 Å². The number of hydrogen-bond donors (Lipinski definition) is 0. The number of fused-ring (bicyclic) bond motifs is 1. The van der Waals surface area contributed by atoms with Crippen LogP contribution in [0.25, 0.3) is 15.2 Å². The van der Waals surface area contributed by atoms with Gasteiger partial charge in [-0.05, 0) is 44.9 Å². The fourth-order valence-corrected chi connectivity index (χ4v) is 6.51. The highest BCUT2D eigenvalue weighted by Gasteiger charge is 2.31. The van der Waals surface area contributed by atoms with Crippen LogP contribution in [0.1, 0.15) is 49.5 Å². The van der Waals surface area contributed by atoms with E-state index >= 15 is 0 Å². The predicted molar refractivity (Wildman–Crippen MR) is 163 cm³/mol. The van der Waals surface area contributed by atoms with Gasteiger partial charge in [0.05, 0.1) is 50.5 Å². The number of aryl methyl sites for hydroxylation is 1. The van der Waals surface area contributed by atoms with Gasteiger partial charge >= 0.3 is 5.69 Å². The van der Waals surface area contributed by atoms with Crippen LogP contribution in [0.15, 0.2) is 40.2 Å². The van der Waals surface area contributed by atoms with E-state index in [4.69, 9.17) is 14.7 Å². The van der Waals surface area contributed by atoms with Crippen LogP contribution in [0.4, 0.5) is 4.39 Å². The van der Waals surface area contributed by atoms with Gasteiger partial charge in [0.2, 0.25) is 5.91 Å². The number of aromatic nitrogens is 5. The Morgan fingerprint density at radius 2 is 1.91 bits per heavy atom. The zero-order valence-electron chi connectivity index (χ0n) is 23.9. The predicted octanol–water partition coefficient (Wildman–Crippen LogP) is 3.23. The van der Waals surface area contributed by atoms with Gasteiger partial charge in [-0.15, -0.1) is 4.80 Å². The number of methoxy groups -OCH3 is 1. The number of hydrogen-bond acceptors (Lipinski definition) is 9. The number of ether oxygens (including phenoxy) is 2. The molecule has 5 rings (SSSR count). The molecule has 1 aliphatic rings. The molecule has 4 aromatic rings. The summed E-state index contributed by atoms with van der Waals surface area (Å²) in [6.07, 6.45) is 3.85. The lowest BCUT2D eigenvalue weighted by Crippen LogP contribution is -2.47. The third-order valence-corrected chi connectivity index (χ3v) is 8.68. The fraction of sp³-hybridized carbons (Fsp3) is 0.429. The van der Waals surface area contributed by atoms with E-state index < -0.39 is 29.2 Å². The van der Waals surface area contributed by atoms with Crippen molar-refractivity contribution in [1.82, 2.24) is 29.0 Å². The van der Waals surface area contributed by atoms with Gasteiger partial charge in [0.15, 0.2) is 0 Å². The number of carbonyl (C=O) groups is 1. The summed E-state index contributed by atoms with van der Waals surface area (Å²) in [5.74, 6) is -0.517. The van der Waals surface area contributed by atoms with Gasteiger partial charge < -0.3 is 14.4 Å². The lowest BCUT2D eigenvalue weighted by Gasteiger charge is -2.24. The Balaban J connectivity index is 0.00000423. The SMILES string of the molecule is COc1ccc(F)cc1[C@H](Cn1c(=O)n([C@@H](C)C(=O)N2CCCC2)c(=O)c2c(C)c(-n3nccn3)sc21)OCCC#N.S. The number of thiophene rings is 1. The maximum absolute atomic E-state index is 14.4. The molecule has 4 heterocycles. The van der Waals surface area contributed by atoms with Crippen LogP contribution in [0.5, 0.6) is 5.75 Å². The highest BCUT2D eigenvalue weighted by molar-refractivity contribution is 7.59. The first-order valence-corrected chi connectivity index (χ1v) is 14.3. The van der Waals surface area contributed by atoms with Crippen molar-refractivity contribution in [2.45, 2.75) is 51.8 Å². The van der Waals surface area contributed by atoms with Crippen LogP contribution in [-0.4, -0.2) is 61.7 Å². The molecule has 1 aromatic carbocycles. The zero-order valence-corrected chi connectivity index (χ0v) is 25.8. The molecule has 12 nitrogen and oxygen atoms in total. The van der Waals surface area contributed by atoms with Crippen LogP contribution in [-0.2, 0) is 16.1 Å². The second-order valence-electron chi connectivity index (χ2n) is 9.96. The maximum Gasteiger partial charge on any atom is 0.332 e. The third kappa shape index (κ3) is 6.08. The van der Waals surface area contributed by atoms with Crippen molar-refractivity contribution in [3.05, 3.63) is 68.4 Å². The van der Waals surface area contributed by atoms with E-state index in [0.717, 1.165) is 28.7 Å². The standard InChI is InChI=1S/C28H30FN7O5S.H2S/c1-17-23-25(38)35(18(2)24(37)33-12-4-5-13-33)28(39)34(27(23)42-26(17)36-31-10-11-32-36)16-22(41-14-6-9-30)20-15-19(29)7-8-21(20)40-3;/h7-8,10-11,15,18,22H,4-6,12-14,16H2,1-3H3;1H2/t18-,22-;/m0./s1. The summed E-state index contributed by atoms with van der Waals surface area (Å²) < 4.78 is 28.3. The van der Waals surface area contributed by atoms with E-state index in [1.54, 1.807) is 18.7 Å². The third-order valence-electron chi connectivity index (χ3n) is 7.40. The molecule has 1 amide bonds. The molecule has 0 unspecified atom stereocenters. The molecule has 0 radical (unpaired) electrons. The van der Waals surface area contributed by atoms with Crippen molar-refractivity contribution in [1.29, 1.82) is 5.26 Å². The van der Waals surface area contributed by atoms with E-state index in [2.05, 4.69) is 10.2 Å². The highest BCUT2D eigenvalue weighted by Crippen LogP contribution is 2.34. The van der Waals surface area contributed by atoms with Gasteiger partial charge in [0, 0.05) is 24.2 Å². The lowest BCUT2D eigenvalue weighted by atomic mass is 10.1. The smallest absolute Gasteiger partial charge is 0.332 e. The number of carbonyl (C=O) groups excluding carboxylic acids is 1. The summed E-state index contributed by atoms with van der Waals surface area (Å²) in [5.41, 5.74) is -0.428. The number of nitriles is 1. The summed E-state index contributed by atoms with van der Waals surface area (Å²) in [7, 11) is 1.44. The number of rotatable bonds is 10. The normalized spacial score (nSPS) is 14.3. The number of nitrogens with zero attached hydrogens (tertiary/aromatic N) is 7. The molecule has 1 saturated heterocycles. The summed E-state index contributed by atoms with van der Waals surface area (Å²) in [6.45, 7) is 4.27. The molecule has 2 atom stereocenters. The average Bonchev–Trinajstić information content (AvgIpc) is 3.76. The van der Waals surface area contributed by atoms with Crippen LogP contribution in [0.3, 0.4) is 0 Å². The van der Waals surface area contributed by atoms with Crippen molar-refractivity contribution in [2.75, 3.05) is 26.8 Å². The first-order valence-electron chi connectivity index (χ1n) is 13.5. The van der Waals surface area contributed by atoms with Crippen molar-refractivity contribution in [3.8, 4) is 16.8 Å². The van der Waals surface area contributed by atoms with Crippen molar-refractivity contribution < 1.29 is 18.7 Å². The van der Waals surface area contributed by atoms with Gasteiger partial charge in [-0.2, -0.15) is 29.0 Å². The minimum absolute atomic E-state index is 0. The fourth-order valence-electron chi connectivity index (χ4n) is 5.29. The Labute approximate surface area is 257 Å². The number of benzene rings is 1. The first kappa shape index (κ1) is 31.9. The number of likely N-dealkylation sites (tertiary alicyclic amines) is 1. The molecule has 0 aliphatic carbocycles. The Bertz CT molecular complexity index is 1770. The van der Waals surface area contributed by atoms with Gasteiger partial charge in [-0.25, -0.2) is 13.8 Å².